The third-order valence-electron chi connectivity index (χ3n) is 2.34. The number of halogens is 1. The van der Waals surface area contributed by atoms with Crippen LogP contribution in [0.2, 0.25) is 0 Å². The highest BCUT2D eigenvalue weighted by atomic mass is 35.5. The van der Waals surface area contributed by atoms with Crippen molar-refractivity contribution in [3.63, 3.8) is 0 Å². The molecule has 16 heavy (non-hydrogen) atoms. The fourth-order valence-corrected chi connectivity index (χ4v) is 2.77. The lowest BCUT2D eigenvalue weighted by atomic mass is 10.0. The summed E-state index contributed by atoms with van der Waals surface area (Å²) in [6.07, 6.45) is 1.80. The molecular formula is C10H14ClNO3S. The number of amides is 1. The van der Waals surface area contributed by atoms with Gasteiger partial charge in [-0.1, -0.05) is 24.6 Å². The molecule has 6 heteroatoms. The number of rotatable bonds is 3. The van der Waals surface area contributed by atoms with E-state index in [-0.39, 0.29) is 17.1 Å². The highest BCUT2D eigenvalue weighted by molar-refractivity contribution is 8.06. The lowest BCUT2D eigenvalue weighted by Crippen LogP contribution is -2.52. The van der Waals surface area contributed by atoms with E-state index in [1.54, 1.807) is 6.08 Å². The minimum atomic E-state index is -1.26. The summed E-state index contributed by atoms with van der Waals surface area (Å²) in [5.41, 5.74) is -1.26. The lowest BCUT2D eigenvalue weighted by molar-refractivity contribution is -0.146. The number of thioether (sulfide) groups is 1. The van der Waals surface area contributed by atoms with Gasteiger partial charge in [0.25, 0.3) is 0 Å². The molecule has 0 fully saturated rings. The van der Waals surface area contributed by atoms with Crippen molar-refractivity contribution in [2.45, 2.75) is 31.6 Å². The van der Waals surface area contributed by atoms with E-state index in [4.69, 9.17) is 16.7 Å². The van der Waals surface area contributed by atoms with Crippen LogP contribution in [-0.4, -0.2) is 27.8 Å². The summed E-state index contributed by atoms with van der Waals surface area (Å²) < 4.78 is 0.584. The number of hydrogen-bond acceptors (Lipinski definition) is 3. The number of nitrogens with one attached hydrogen (secondary N) is 1. The first-order valence-electron chi connectivity index (χ1n) is 4.83. The predicted molar refractivity (Wildman–Crippen MR) is 64.3 cm³/mol. The molecule has 1 rings (SSSR count). The van der Waals surface area contributed by atoms with E-state index in [0.717, 1.165) is 0 Å². The Bertz CT molecular complexity index is 354. The van der Waals surface area contributed by atoms with Crippen molar-refractivity contribution in [2.75, 3.05) is 0 Å². The maximum Gasteiger partial charge on any atom is 0.328 e. The van der Waals surface area contributed by atoms with Gasteiger partial charge in [-0.05, 0) is 19.8 Å². The Morgan fingerprint density at radius 3 is 2.50 bits per heavy atom. The van der Waals surface area contributed by atoms with Gasteiger partial charge in [0.2, 0.25) is 5.91 Å². The van der Waals surface area contributed by atoms with Gasteiger partial charge in [0.15, 0.2) is 0 Å². The van der Waals surface area contributed by atoms with Gasteiger partial charge in [-0.2, -0.15) is 0 Å². The number of hydrogen-bond donors (Lipinski definition) is 2. The van der Waals surface area contributed by atoms with Crippen LogP contribution < -0.4 is 5.32 Å². The van der Waals surface area contributed by atoms with Crippen LogP contribution in [0.4, 0.5) is 0 Å². The van der Waals surface area contributed by atoms with Crippen LogP contribution in [0.1, 0.15) is 20.8 Å². The molecule has 0 radical (unpaired) electrons. The average molecular weight is 264 g/mol. The van der Waals surface area contributed by atoms with Gasteiger partial charge < -0.3 is 10.4 Å². The average Bonchev–Trinajstić information content (AvgIpc) is 2.44. The quantitative estimate of drug-likeness (QED) is 0.815. The van der Waals surface area contributed by atoms with Gasteiger partial charge in [0.1, 0.15) is 5.54 Å². The van der Waals surface area contributed by atoms with Crippen LogP contribution in [-0.2, 0) is 9.59 Å². The lowest BCUT2D eigenvalue weighted by Gasteiger charge is -2.24. The van der Waals surface area contributed by atoms with Gasteiger partial charge in [0, 0.05) is 0 Å². The number of carbonyl (C=O) groups is 2. The Morgan fingerprint density at radius 1 is 1.56 bits per heavy atom. The molecule has 1 heterocycles. The van der Waals surface area contributed by atoms with Crippen LogP contribution in [0, 0.1) is 5.92 Å². The Hall–Kier alpha value is -0.680. The first-order chi connectivity index (χ1) is 7.24. The predicted octanol–water partition coefficient (Wildman–Crippen LogP) is 1.80. The maximum atomic E-state index is 11.8. The number of carboxylic acids is 1. The topological polar surface area (TPSA) is 66.4 Å². The number of allylic oxidation sites excluding steroid dienone is 1. The Labute approximate surface area is 103 Å². The molecule has 2 N–H and O–H groups in total. The zero-order valence-corrected chi connectivity index (χ0v) is 10.9. The maximum absolute atomic E-state index is 11.8. The van der Waals surface area contributed by atoms with Crippen LogP contribution >= 0.6 is 23.4 Å². The van der Waals surface area contributed by atoms with Crippen molar-refractivity contribution in [3.8, 4) is 0 Å². The van der Waals surface area contributed by atoms with Crippen molar-refractivity contribution >= 4 is 35.2 Å². The molecular weight excluding hydrogens is 250 g/mol. The first-order valence-corrected chi connectivity index (χ1v) is 6.09. The normalized spacial score (nSPS) is 25.1. The van der Waals surface area contributed by atoms with Crippen LogP contribution in [0.25, 0.3) is 0 Å². The molecule has 0 aromatic rings. The molecule has 2 atom stereocenters. The Morgan fingerprint density at radius 2 is 2.12 bits per heavy atom. The SMILES string of the molecule is CC1C=C(Cl)SC1C(=O)NC(C)(C)C(=O)O. The highest BCUT2D eigenvalue weighted by Crippen LogP contribution is 2.38. The standard InChI is InChI=1S/C10H14ClNO3S/c1-5-4-6(11)16-7(5)8(13)12-10(2,3)9(14)15/h4-5,7H,1-3H3,(H,12,13)(H,14,15). The molecule has 2 unspecified atom stereocenters. The fraction of sp³-hybridized carbons (Fsp3) is 0.600. The molecule has 1 aliphatic heterocycles. The summed E-state index contributed by atoms with van der Waals surface area (Å²) >= 11 is 7.06. The monoisotopic (exact) mass is 263 g/mol. The molecule has 1 amide bonds. The van der Waals surface area contributed by atoms with E-state index < -0.39 is 11.5 Å². The zero-order valence-electron chi connectivity index (χ0n) is 9.28. The third-order valence-corrected chi connectivity index (χ3v) is 3.99. The molecule has 0 saturated carbocycles. The van der Waals surface area contributed by atoms with Crippen LogP contribution in [0.15, 0.2) is 10.4 Å². The molecule has 0 aromatic carbocycles. The second-order valence-corrected chi connectivity index (χ2v) is 6.10. The Balaban J connectivity index is 2.65. The molecule has 1 aliphatic rings. The van der Waals surface area contributed by atoms with Crippen LogP contribution in [0.5, 0.6) is 0 Å². The Kier molecular flexibility index (Phi) is 3.91. The van der Waals surface area contributed by atoms with E-state index in [0.29, 0.717) is 4.36 Å². The molecule has 0 spiro atoms. The number of aliphatic carboxylic acids is 1. The van der Waals surface area contributed by atoms with E-state index in [1.165, 1.54) is 25.6 Å². The minimum Gasteiger partial charge on any atom is -0.480 e. The number of carbonyl (C=O) groups excluding carboxylic acids is 1. The van der Waals surface area contributed by atoms with E-state index in [1.807, 2.05) is 6.92 Å². The van der Waals surface area contributed by atoms with Crippen molar-refractivity contribution in [1.29, 1.82) is 0 Å². The van der Waals surface area contributed by atoms with E-state index >= 15 is 0 Å². The molecule has 4 nitrogen and oxygen atoms in total. The summed E-state index contributed by atoms with van der Waals surface area (Å²) in [6.45, 7) is 4.78. The van der Waals surface area contributed by atoms with Crippen molar-refractivity contribution in [1.82, 2.24) is 5.32 Å². The molecule has 0 aliphatic carbocycles. The van der Waals surface area contributed by atoms with E-state index in [9.17, 15) is 9.59 Å². The van der Waals surface area contributed by atoms with Crippen molar-refractivity contribution in [3.05, 3.63) is 10.4 Å². The zero-order chi connectivity index (χ0) is 12.5. The van der Waals surface area contributed by atoms with Gasteiger partial charge in [-0.25, -0.2) is 4.79 Å². The first kappa shape index (κ1) is 13.4. The van der Waals surface area contributed by atoms with E-state index in [2.05, 4.69) is 5.32 Å². The smallest absolute Gasteiger partial charge is 0.328 e. The second-order valence-electron chi connectivity index (χ2n) is 4.29. The third kappa shape index (κ3) is 2.92. The van der Waals surface area contributed by atoms with Gasteiger partial charge in [0.05, 0.1) is 9.61 Å². The van der Waals surface area contributed by atoms with Crippen LogP contribution in [0.3, 0.4) is 0 Å². The molecule has 0 bridgehead atoms. The number of carboxylic acid groups (broad SMARTS) is 1. The van der Waals surface area contributed by atoms with Gasteiger partial charge in [-0.15, -0.1) is 11.8 Å². The largest absolute Gasteiger partial charge is 0.480 e. The van der Waals surface area contributed by atoms with Crippen molar-refractivity contribution in [2.24, 2.45) is 5.92 Å². The van der Waals surface area contributed by atoms with Gasteiger partial charge >= 0.3 is 5.97 Å². The second kappa shape index (κ2) is 4.67. The summed E-state index contributed by atoms with van der Waals surface area (Å²) in [5.74, 6) is -1.34. The summed E-state index contributed by atoms with van der Waals surface area (Å²) in [4.78, 5) is 22.7. The van der Waals surface area contributed by atoms with Crippen molar-refractivity contribution < 1.29 is 14.7 Å². The summed E-state index contributed by atoms with van der Waals surface area (Å²) in [7, 11) is 0. The summed E-state index contributed by atoms with van der Waals surface area (Å²) in [6, 6.07) is 0. The molecule has 0 aromatic heterocycles. The van der Waals surface area contributed by atoms with Gasteiger partial charge in [-0.3, -0.25) is 4.79 Å². The highest BCUT2D eigenvalue weighted by Gasteiger charge is 2.36. The minimum absolute atomic E-state index is 0.0158. The summed E-state index contributed by atoms with van der Waals surface area (Å²) in [5, 5.41) is 11.0. The molecule has 0 saturated heterocycles. The molecule has 90 valence electrons. The fourth-order valence-electron chi connectivity index (χ4n) is 1.29.